The van der Waals surface area contributed by atoms with Gasteiger partial charge in [-0.2, -0.15) is 0 Å². The lowest BCUT2D eigenvalue weighted by Gasteiger charge is -2.33. The summed E-state index contributed by atoms with van der Waals surface area (Å²) in [6.07, 6.45) is 3.19. The monoisotopic (exact) mass is 315 g/mol. The molecule has 6 nitrogen and oxygen atoms in total. The number of fused-ring (bicyclic) bond motifs is 1. The largest absolute Gasteiger partial charge is 0.336 e. The number of carbonyl (C=O) groups excluding carboxylic acids is 1. The highest BCUT2D eigenvalue weighted by Crippen LogP contribution is 2.20. The molecule has 1 atom stereocenters. The first kappa shape index (κ1) is 15.5. The van der Waals surface area contributed by atoms with Crippen LogP contribution in [0.3, 0.4) is 0 Å². The second kappa shape index (κ2) is 6.02. The van der Waals surface area contributed by atoms with Crippen molar-refractivity contribution in [2.75, 3.05) is 6.54 Å². The lowest BCUT2D eigenvalue weighted by atomic mass is 10.0. The second-order valence-electron chi connectivity index (χ2n) is 6.08. The van der Waals surface area contributed by atoms with E-state index in [2.05, 4.69) is 11.9 Å². The van der Waals surface area contributed by atoms with Crippen molar-refractivity contribution in [2.24, 2.45) is 0 Å². The molecule has 1 amide bonds. The van der Waals surface area contributed by atoms with E-state index in [1.807, 2.05) is 11.8 Å². The fourth-order valence-corrected chi connectivity index (χ4v) is 3.29. The predicted molar refractivity (Wildman–Crippen MR) is 88.9 cm³/mol. The normalized spacial score (nSPS) is 18.3. The first-order valence-corrected chi connectivity index (χ1v) is 8.10. The van der Waals surface area contributed by atoms with Crippen LogP contribution in [0.5, 0.6) is 0 Å². The molecule has 2 aromatic rings. The Bertz CT molecular complexity index is 865. The molecule has 1 fully saturated rings. The van der Waals surface area contributed by atoms with Gasteiger partial charge in [-0.1, -0.05) is 0 Å². The molecule has 1 aromatic heterocycles. The number of carbonyl (C=O) groups is 1. The number of rotatable bonds is 2. The van der Waals surface area contributed by atoms with Crippen molar-refractivity contribution >= 4 is 16.9 Å². The van der Waals surface area contributed by atoms with E-state index in [0.29, 0.717) is 23.1 Å². The Kier molecular flexibility index (Phi) is 4.07. The van der Waals surface area contributed by atoms with Crippen LogP contribution in [0.2, 0.25) is 0 Å². The Morgan fingerprint density at radius 2 is 2.09 bits per heavy atom. The van der Waals surface area contributed by atoms with Crippen molar-refractivity contribution in [3.63, 3.8) is 0 Å². The van der Waals surface area contributed by atoms with Gasteiger partial charge >= 0.3 is 11.1 Å². The maximum atomic E-state index is 12.7. The minimum absolute atomic E-state index is 0.0193. The lowest BCUT2D eigenvalue weighted by molar-refractivity contribution is 0.0636. The number of hydrogen-bond donors (Lipinski definition) is 1. The van der Waals surface area contributed by atoms with E-state index in [1.165, 1.54) is 4.57 Å². The Morgan fingerprint density at radius 3 is 2.78 bits per heavy atom. The number of amides is 1. The van der Waals surface area contributed by atoms with E-state index in [9.17, 15) is 14.4 Å². The molecule has 1 saturated heterocycles. The van der Waals surface area contributed by atoms with Gasteiger partial charge in [-0.25, -0.2) is 0 Å². The summed E-state index contributed by atoms with van der Waals surface area (Å²) in [6, 6.07) is 5.37. The Morgan fingerprint density at radius 1 is 1.30 bits per heavy atom. The number of nitrogens with one attached hydrogen (secondary N) is 1. The van der Waals surface area contributed by atoms with Crippen LogP contribution in [0.1, 0.15) is 43.5 Å². The van der Waals surface area contributed by atoms with Gasteiger partial charge in [0, 0.05) is 24.7 Å². The topological polar surface area (TPSA) is 75.2 Å². The minimum atomic E-state index is -0.657. The third kappa shape index (κ3) is 2.69. The van der Waals surface area contributed by atoms with Crippen LogP contribution >= 0.6 is 0 Å². The van der Waals surface area contributed by atoms with Crippen molar-refractivity contribution in [1.82, 2.24) is 14.5 Å². The van der Waals surface area contributed by atoms with E-state index in [4.69, 9.17) is 0 Å². The van der Waals surface area contributed by atoms with Crippen LogP contribution in [-0.4, -0.2) is 32.9 Å². The molecule has 0 spiro atoms. The molecular weight excluding hydrogens is 294 g/mol. The average molecular weight is 315 g/mol. The smallest absolute Gasteiger partial charge is 0.316 e. The first-order chi connectivity index (χ1) is 11.0. The minimum Gasteiger partial charge on any atom is -0.336 e. The van der Waals surface area contributed by atoms with E-state index < -0.39 is 11.1 Å². The van der Waals surface area contributed by atoms with Gasteiger partial charge in [0.1, 0.15) is 0 Å². The van der Waals surface area contributed by atoms with Crippen LogP contribution in [0.15, 0.2) is 27.8 Å². The Hall–Kier alpha value is -2.37. The van der Waals surface area contributed by atoms with Gasteiger partial charge in [-0.3, -0.25) is 14.4 Å². The first-order valence-electron chi connectivity index (χ1n) is 8.10. The Balaban J connectivity index is 2.06. The average Bonchev–Trinajstić information content (AvgIpc) is 2.55. The van der Waals surface area contributed by atoms with Crippen LogP contribution in [0, 0.1) is 0 Å². The molecule has 3 rings (SSSR count). The number of H-pyrrole nitrogens is 1. The molecule has 2 heterocycles. The van der Waals surface area contributed by atoms with E-state index in [0.717, 1.165) is 25.8 Å². The lowest BCUT2D eigenvalue weighted by Crippen LogP contribution is -2.42. The fraction of sp³-hybridized carbons (Fsp3) is 0.471. The number of likely N-dealkylation sites (tertiary alicyclic amines) is 1. The SMILES string of the molecule is CCn1c(=O)c(=O)[nH]c2cc(C(=O)N3CCCCC3C)ccc21. The summed E-state index contributed by atoms with van der Waals surface area (Å²) in [5.41, 5.74) is 0.481. The molecule has 1 aliphatic heterocycles. The summed E-state index contributed by atoms with van der Waals surface area (Å²) in [5.74, 6) is -0.0193. The van der Waals surface area contributed by atoms with Crippen molar-refractivity contribution in [3.05, 3.63) is 44.5 Å². The van der Waals surface area contributed by atoms with Crippen LogP contribution in [0.25, 0.3) is 11.0 Å². The van der Waals surface area contributed by atoms with E-state index in [-0.39, 0.29) is 11.9 Å². The van der Waals surface area contributed by atoms with Gasteiger partial charge in [-0.15, -0.1) is 0 Å². The summed E-state index contributed by atoms with van der Waals surface area (Å²) in [6.45, 7) is 5.06. The van der Waals surface area contributed by atoms with Gasteiger partial charge in [-0.05, 0) is 51.3 Å². The molecule has 1 aliphatic rings. The number of aromatic amines is 1. The zero-order chi connectivity index (χ0) is 16.6. The number of piperidine rings is 1. The number of benzene rings is 1. The second-order valence-corrected chi connectivity index (χ2v) is 6.08. The summed E-state index contributed by atoms with van der Waals surface area (Å²) < 4.78 is 1.42. The highest BCUT2D eigenvalue weighted by atomic mass is 16.2. The van der Waals surface area contributed by atoms with E-state index >= 15 is 0 Å². The molecular formula is C17H21N3O3. The third-order valence-corrected chi connectivity index (χ3v) is 4.60. The zero-order valence-corrected chi connectivity index (χ0v) is 13.5. The Labute approximate surface area is 133 Å². The molecule has 23 heavy (non-hydrogen) atoms. The molecule has 0 bridgehead atoms. The molecule has 0 aliphatic carbocycles. The van der Waals surface area contributed by atoms with Gasteiger partial charge < -0.3 is 14.5 Å². The summed E-state index contributed by atoms with van der Waals surface area (Å²) in [4.78, 5) is 40.8. The molecule has 0 saturated carbocycles. The van der Waals surface area contributed by atoms with Crippen LogP contribution in [0.4, 0.5) is 0 Å². The quantitative estimate of drug-likeness (QED) is 0.858. The molecule has 1 N–H and O–H groups in total. The maximum Gasteiger partial charge on any atom is 0.316 e. The van der Waals surface area contributed by atoms with Gasteiger partial charge in [0.25, 0.3) is 5.91 Å². The molecule has 0 radical (unpaired) electrons. The van der Waals surface area contributed by atoms with E-state index in [1.54, 1.807) is 18.2 Å². The maximum absolute atomic E-state index is 12.7. The molecule has 6 heteroatoms. The fourth-order valence-electron chi connectivity index (χ4n) is 3.29. The summed E-state index contributed by atoms with van der Waals surface area (Å²) in [7, 11) is 0. The summed E-state index contributed by atoms with van der Waals surface area (Å²) >= 11 is 0. The van der Waals surface area contributed by atoms with Gasteiger partial charge in [0.05, 0.1) is 11.0 Å². The number of aryl methyl sites for hydroxylation is 1. The van der Waals surface area contributed by atoms with Crippen molar-refractivity contribution in [3.8, 4) is 0 Å². The van der Waals surface area contributed by atoms with Crippen molar-refractivity contribution < 1.29 is 4.79 Å². The molecule has 1 unspecified atom stereocenters. The number of nitrogens with zero attached hydrogens (tertiary/aromatic N) is 2. The van der Waals surface area contributed by atoms with Crippen molar-refractivity contribution in [1.29, 1.82) is 0 Å². The number of hydrogen-bond acceptors (Lipinski definition) is 3. The highest BCUT2D eigenvalue weighted by Gasteiger charge is 2.24. The van der Waals surface area contributed by atoms with Gasteiger partial charge in [0.15, 0.2) is 0 Å². The third-order valence-electron chi connectivity index (χ3n) is 4.60. The summed E-state index contributed by atoms with van der Waals surface area (Å²) in [5, 5.41) is 0. The van der Waals surface area contributed by atoms with Crippen LogP contribution in [-0.2, 0) is 6.54 Å². The van der Waals surface area contributed by atoms with Gasteiger partial charge in [0.2, 0.25) is 0 Å². The highest BCUT2D eigenvalue weighted by molar-refractivity contribution is 5.97. The predicted octanol–water partition coefficient (Wildman–Crippen LogP) is 1.72. The molecule has 1 aromatic carbocycles. The zero-order valence-electron chi connectivity index (χ0n) is 13.5. The van der Waals surface area contributed by atoms with Crippen LogP contribution < -0.4 is 11.1 Å². The van der Waals surface area contributed by atoms with Crippen molar-refractivity contribution in [2.45, 2.75) is 45.7 Å². The number of aromatic nitrogens is 2. The molecule has 122 valence electrons. The standard InChI is InChI=1S/C17H21N3O3/c1-3-19-14-8-7-12(10-13(14)18-15(21)17(19)23)16(22)20-9-5-4-6-11(20)2/h7-8,10-11H,3-6,9H2,1-2H3,(H,18,21).